The monoisotopic (exact) mass is 323 g/mol. The average molecular weight is 323 g/mol. The van der Waals surface area contributed by atoms with Crippen molar-refractivity contribution in [3.8, 4) is 0 Å². The number of carboxylic acid groups (broad SMARTS) is 4. The highest BCUT2D eigenvalue weighted by molar-refractivity contribution is 5.80. The standard InChI is InChI=1S/C5H9NO2.C4H7NO4.C2H5NO2/c7-5(8)4-2-1-3-6-4;5-2(4(8)9)1-3(6)7;3-1-2(4)5/h4,6H,1-3H2,(H,7,8);2H,1,5H2,(H,6,7)(H,8,9);1,3H2,(H,4,5)/t4-;2-;/m00./s1. The first-order chi connectivity index (χ1) is 10.1. The molecule has 1 rings (SSSR count). The Labute approximate surface area is 125 Å². The van der Waals surface area contributed by atoms with E-state index in [1.807, 2.05) is 0 Å². The number of carbonyl (C=O) groups is 4. The van der Waals surface area contributed by atoms with E-state index in [4.69, 9.17) is 26.2 Å². The van der Waals surface area contributed by atoms with Crippen molar-refractivity contribution in [2.24, 2.45) is 11.5 Å². The summed E-state index contributed by atoms with van der Waals surface area (Å²) in [5, 5.41) is 34.8. The fraction of sp³-hybridized carbons (Fsp3) is 0.636. The van der Waals surface area contributed by atoms with Gasteiger partial charge in [0.1, 0.15) is 12.1 Å². The van der Waals surface area contributed by atoms with Gasteiger partial charge in [0.05, 0.1) is 13.0 Å². The van der Waals surface area contributed by atoms with Crippen LogP contribution in [0.3, 0.4) is 0 Å². The van der Waals surface area contributed by atoms with E-state index in [1.54, 1.807) is 0 Å². The van der Waals surface area contributed by atoms with E-state index < -0.39 is 36.3 Å². The second-order valence-corrected chi connectivity index (χ2v) is 4.13. The quantitative estimate of drug-likeness (QED) is 0.286. The van der Waals surface area contributed by atoms with Gasteiger partial charge in [0.15, 0.2) is 0 Å². The Kier molecular flexibility index (Phi) is 12.5. The first kappa shape index (κ1) is 22.0. The van der Waals surface area contributed by atoms with Gasteiger partial charge in [0, 0.05) is 0 Å². The molecular formula is C11H21N3O8. The third-order valence-corrected chi connectivity index (χ3v) is 2.24. The van der Waals surface area contributed by atoms with Gasteiger partial charge < -0.3 is 37.2 Å². The second-order valence-electron chi connectivity index (χ2n) is 4.13. The van der Waals surface area contributed by atoms with Crippen molar-refractivity contribution in [3.05, 3.63) is 0 Å². The fourth-order valence-electron chi connectivity index (χ4n) is 1.17. The Morgan fingerprint density at radius 1 is 1.09 bits per heavy atom. The zero-order chi connectivity index (χ0) is 17.7. The van der Waals surface area contributed by atoms with Crippen molar-refractivity contribution in [3.63, 3.8) is 0 Å². The summed E-state index contributed by atoms with van der Waals surface area (Å²) in [6.45, 7) is 0.580. The Hall–Kier alpha value is -2.24. The van der Waals surface area contributed by atoms with Crippen molar-refractivity contribution in [2.75, 3.05) is 13.1 Å². The van der Waals surface area contributed by atoms with Crippen LogP contribution in [0.2, 0.25) is 0 Å². The minimum absolute atomic E-state index is 0.269. The molecule has 1 saturated heterocycles. The molecule has 0 saturated carbocycles. The largest absolute Gasteiger partial charge is 0.481 e. The molecule has 1 aliphatic heterocycles. The molecule has 1 aliphatic rings. The van der Waals surface area contributed by atoms with Crippen LogP contribution in [0.15, 0.2) is 0 Å². The third-order valence-electron chi connectivity index (χ3n) is 2.24. The van der Waals surface area contributed by atoms with Gasteiger partial charge in [-0.3, -0.25) is 19.2 Å². The van der Waals surface area contributed by atoms with Gasteiger partial charge in [-0.2, -0.15) is 0 Å². The van der Waals surface area contributed by atoms with E-state index in [0.717, 1.165) is 19.4 Å². The minimum Gasteiger partial charge on any atom is -0.481 e. The summed E-state index contributed by atoms with van der Waals surface area (Å²) in [6.07, 6.45) is 1.25. The minimum atomic E-state index is -1.29. The zero-order valence-electron chi connectivity index (χ0n) is 11.8. The lowest BCUT2D eigenvalue weighted by Crippen LogP contribution is -2.32. The van der Waals surface area contributed by atoms with Crippen molar-refractivity contribution in [2.45, 2.75) is 31.3 Å². The molecule has 2 atom stereocenters. The van der Waals surface area contributed by atoms with Crippen LogP contribution in [0.25, 0.3) is 0 Å². The maximum atomic E-state index is 10.1. The van der Waals surface area contributed by atoms with E-state index in [1.165, 1.54) is 0 Å². The molecule has 11 heteroatoms. The van der Waals surface area contributed by atoms with Crippen LogP contribution in [-0.2, 0) is 19.2 Å². The van der Waals surface area contributed by atoms with Crippen LogP contribution < -0.4 is 16.8 Å². The summed E-state index contributed by atoms with van der Waals surface area (Å²) >= 11 is 0. The lowest BCUT2D eigenvalue weighted by molar-refractivity contribution is -0.144. The number of carboxylic acids is 4. The van der Waals surface area contributed by atoms with Crippen molar-refractivity contribution in [1.82, 2.24) is 5.32 Å². The summed E-state index contributed by atoms with van der Waals surface area (Å²) in [6, 6.07) is -1.56. The topological polar surface area (TPSA) is 213 Å². The van der Waals surface area contributed by atoms with Crippen LogP contribution in [0.1, 0.15) is 19.3 Å². The first-order valence-corrected chi connectivity index (χ1v) is 6.20. The molecule has 0 amide bonds. The van der Waals surface area contributed by atoms with Gasteiger partial charge in [0.25, 0.3) is 0 Å². The maximum absolute atomic E-state index is 10.1. The first-order valence-electron chi connectivity index (χ1n) is 6.20. The van der Waals surface area contributed by atoms with Gasteiger partial charge in [-0.1, -0.05) is 0 Å². The average Bonchev–Trinajstić information content (AvgIpc) is 2.93. The predicted molar refractivity (Wildman–Crippen MR) is 73.2 cm³/mol. The Morgan fingerprint density at radius 2 is 1.59 bits per heavy atom. The molecule has 1 heterocycles. The van der Waals surface area contributed by atoms with Gasteiger partial charge in [0.2, 0.25) is 0 Å². The van der Waals surface area contributed by atoms with E-state index in [0.29, 0.717) is 0 Å². The summed E-state index contributed by atoms with van der Waals surface area (Å²) in [5.74, 6) is -4.19. The van der Waals surface area contributed by atoms with Crippen LogP contribution in [-0.4, -0.2) is 69.5 Å². The molecule has 0 unspecified atom stereocenters. The molecule has 0 spiro atoms. The molecule has 0 bridgehead atoms. The van der Waals surface area contributed by atoms with Crippen molar-refractivity contribution < 1.29 is 39.6 Å². The van der Waals surface area contributed by atoms with Gasteiger partial charge in [-0.15, -0.1) is 0 Å². The second kappa shape index (κ2) is 12.5. The van der Waals surface area contributed by atoms with Crippen LogP contribution in [0.4, 0.5) is 0 Å². The summed E-state index contributed by atoms with van der Waals surface area (Å²) in [4.78, 5) is 39.0. The molecule has 0 aromatic carbocycles. The summed E-state index contributed by atoms with van der Waals surface area (Å²) in [5.41, 5.74) is 9.41. The van der Waals surface area contributed by atoms with Crippen molar-refractivity contribution >= 4 is 23.9 Å². The van der Waals surface area contributed by atoms with Crippen LogP contribution >= 0.6 is 0 Å². The van der Waals surface area contributed by atoms with E-state index >= 15 is 0 Å². The molecule has 128 valence electrons. The third kappa shape index (κ3) is 14.2. The Morgan fingerprint density at radius 3 is 1.73 bits per heavy atom. The molecule has 0 aliphatic carbocycles. The number of hydrogen-bond donors (Lipinski definition) is 7. The Balaban J connectivity index is 0. The van der Waals surface area contributed by atoms with Crippen LogP contribution in [0, 0.1) is 0 Å². The zero-order valence-corrected chi connectivity index (χ0v) is 11.8. The molecule has 0 radical (unpaired) electrons. The molecule has 0 aromatic heterocycles. The number of rotatable bonds is 5. The molecule has 22 heavy (non-hydrogen) atoms. The lowest BCUT2D eigenvalue weighted by Gasteiger charge is -1.99. The van der Waals surface area contributed by atoms with E-state index in [-0.39, 0.29) is 12.6 Å². The highest BCUT2D eigenvalue weighted by Gasteiger charge is 2.20. The molecule has 0 aromatic rings. The van der Waals surface area contributed by atoms with E-state index in [2.05, 4.69) is 11.1 Å². The molecule has 1 fully saturated rings. The normalized spacial score (nSPS) is 17.1. The SMILES string of the molecule is NCC(=O)O.N[C@@H](CC(=O)O)C(=O)O.O=C(O)[C@@H]1CCCN1. The van der Waals surface area contributed by atoms with Gasteiger partial charge in [-0.05, 0) is 19.4 Å². The maximum Gasteiger partial charge on any atom is 0.321 e. The summed E-state index contributed by atoms with van der Waals surface area (Å²) < 4.78 is 0. The smallest absolute Gasteiger partial charge is 0.321 e. The number of aliphatic carboxylic acids is 4. The highest BCUT2D eigenvalue weighted by atomic mass is 16.4. The number of hydrogen-bond acceptors (Lipinski definition) is 7. The van der Waals surface area contributed by atoms with Crippen LogP contribution in [0.5, 0.6) is 0 Å². The highest BCUT2D eigenvalue weighted by Crippen LogP contribution is 2.03. The predicted octanol–water partition coefficient (Wildman–Crippen LogP) is -2.27. The fourth-order valence-corrected chi connectivity index (χ4v) is 1.17. The molecule has 9 N–H and O–H groups in total. The number of nitrogens with two attached hydrogens (primary N) is 2. The molecule has 11 nitrogen and oxygen atoms in total. The van der Waals surface area contributed by atoms with Gasteiger partial charge in [-0.25, -0.2) is 0 Å². The summed E-state index contributed by atoms with van der Waals surface area (Å²) in [7, 11) is 0. The lowest BCUT2D eigenvalue weighted by atomic mass is 10.2. The Bertz CT molecular complexity index is 382. The molecular weight excluding hydrogens is 302 g/mol. The van der Waals surface area contributed by atoms with Crippen molar-refractivity contribution in [1.29, 1.82) is 0 Å². The van der Waals surface area contributed by atoms with Gasteiger partial charge >= 0.3 is 23.9 Å². The number of nitrogens with one attached hydrogen (secondary N) is 1. The van der Waals surface area contributed by atoms with E-state index in [9.17, 15) is 19.2 Å².